The summed E-state index contributed by atoms with van der Waals surface area (Å²) in [5.74, 6) is 0.116. The normalized spacial score (nSPS) is 16.9. The topological polar surface area (TPSA) is 59.1 Å². The summed E-state index contributed by atoms with van der Waals surface area (Å²) in [6, 6.07) is 7.73. The average Bonchev–Trinajstić information content (AvgIpc) is 2.38. The molecule has 3 heteroatoms. The number of hydrogen-bond acceptors (Lipinski definition) is 2. The van der Waals surface area contributed by atoms with E-state index in [4.69, 9.17) is 15.9 Å². The Hall–Kier alpha value is -1.35. The van der Waals surface area contributed by atoms with Crippen LogP contribution in [0, 0.1) is 5.41 Å². The summed E-state index contributed by atoms with van der Waals surface area (Å²) in [6.45, 7) is 0.669. The van der Waals surface area contributed by atoms with Crippen LogP contribution < -0.4 is 5.73 Å². The average molecular weight is 232 g/mol. The predicted octanol–water partition coefficient (Wildman–Crippen LogP) is 2.82. The lowest BCUT2D eigenvalue weighted by atomic mass is 9.98. The van der Waals surface area contributed by atoms with Crippen molar-refractivity contribution in [2.45, 2.75) is 44.8 Å². The maximum atomic E-state index is 7.31. The summed E-state index contributed by atoms with van der Waals surface area (Å²) in [7, 11) is 0. The van der Waals surface area contributed by atoms with E-state index in [0.717, 1.165) is 11.1 Å². The Kier molecular flexibility index (Phi) is 4.15. The Bertz CT molecular complexity index is 366. The van der Waals surface area contributed by atoms with E-state index in [9.17, 15) is 0 Å². The van der Waals surface area contributed by atoms with Crippen LogP contribution in [-0.2, 0) is 11.3 Å². The highest BCUT2D eigenvalue weighted by Gasteiger charge is 2.13. The molecule has 2 rings (SSSR count). The lowest BCUT2D eigenvalue weighted by molar-refractivity contribution is 0.0169. The van der Waals surface area contributed by atoms with Gasteiger partial charge in [0.1, 0.15) is 5.84 Å². The number of nitrogens with two attached hydrogens (primary N) is 1. The first kappa shape index (κ1) is 12.1. The van der Waals surface area contributed by atoms with Gasteiger partial charge in [0.05, 0.1) is 12.7 Å². The number of nitrogen functional groups attached to an aromatic ring is 1. The van der Waals surface area contributed by atoms with Gasteiger partial charge in [-0.25, -0.2) is 0 Å². The van der Waals surface area contributed by atoms with Gasteiger partial charge in [-0.2, -0.15) is 0 Å². The zero-order valence-electron chi connectivity index (χ0n) is 10.1. The molecule has 0 unspecified atom stereocenters. The summed E-state index contributed by atoms with van der Waals surface area (Å²) in [5.41, 5.74) is 7.33. The van der Waals surface area contributed by atoms with Crippen molar-refractivity contribution in [2.24, 2.45) is 5.73 Å². The molecule has 3 nitrogen and oxygen atoms in total. The van der Waals surface area contributed by atoms with Crippen molar-refractivity contribution in [1.82, 2.24) is 0 Å². The summed E-state index contributed by atoms with van der Waals surface area (Å²) >= 11 is 0. The Labute approximate surface area is 102 Å². The number of rotatable bonds is 4. The van der Waals surface area contributed by atoms with Gasteiger partial charge in [0.2, 0.25) is 0 Å². The number of benzene rings is 1. The molecule has 0 spiro atoms. The lowest BCUT2D eigenvalue weighted by Crippen LogP contribution is -2.16. The van der Waals surface area contributed by atoms with Gasteiger partial charge >= 0.3 is 0 Å². The van der Waals surface area contributed by atoms with Crippen LogP contribution >= 0.6 is 0 Å². The molecule has 0 atom stereocenters. The van der Waals surface area contributed by atoms with E-state index in [1.165, 1.54) is 32.1 Å². The fraction of sp³-hybridized carbons (Fsp3) is 0.500. The van der Waals surface area contributed by atoms with Gasteiger partial charge in [0, 0.05) is 5.56 Å². The van der Waals surface area contributed by atoms with E-state index >= 15 is 0 Å². The van der Waals surface area contributed by atoms with Crippen LogP contribution in [0.1, 0.15) is 43.2 Å². The fourth-order valence-corrected chi connectivity index (χ4v) is 2.23. The van der Waals surface area contributed by atoms with Crippen LogP contribution in [0.4, 0.5) is 0 Å². The van der Waals surface area contributed by atoms with Crippen molar-refractivity contribution in [2.75, 3.05) is 0 Å². The number of ether oxygens (including phenoxy) is 1. The minimum absolute atomic E-state index is 0.116. The van der Waals surface area contributed by atoms with E-state index in [1.807, 2.05) is 24.3 Å². The molecule has 1 aliphatic rings. The highest BCUT2D eigenvalue weighted by molar-refractivity contribution is 5.94. The van der Waals surface area contributed by atoms with Crippen molar-refractivity contribution < 1.29 is 4.74 Å². The Morgan fingerprint density at radius 2 is 1.82 bits per heavy atom. The van der Waals surface area contributed by atoms with Crippen LogP contribution in [-0.4, -0.2) is 11.9 Å². The molecule has 1 aromatic rings. The highest BCUT2D eigenvalue weighted by atomic mass is 16.5. The van der Waals surface area contributed by atoms with Gasteiger partial charge in [0.15, 0.2) is 0 Å². The smallest absolute Gasteiger partial charge is 0.122 e. The van der Waals surface area contributed by atoms with E-state index in [0.29, 0.717) is 12.7 Å². The zero-order chi connectivity index (χ0) is 12.1. The van der Waals surface area contributed by atoms with E-state index in [2.05, 4.69) is 0 Å². The van der Waals surface area contributed by atoms with Crippen molar-refractivity contribution in [1.29, 1.82) is 5.41 Å². The first-order valence-electron chi connectivity index (χ1n) is 6.30. The van der Waals surface area contributed by atoms with E-state index in [-0.39, 0.29) is 5.84 Å². The van der Waals surface area contributed by atoms with Gasteiger partial charge in [-0.15, -0.1) is 0 Å². The largest absolute Gasteiger partial charge is 0.384 e. The van der Waals surface area contributed by atoms with Crippen LogP contribution in [0.2, 0.25) is 0 Å². The molecule has 92 valence electrons. The second-order valence-corrected chi connectivity index (χ2v) is 4.68. The maximum Gasteiger partial charge on any atom is 0.122 e. The second kappa shape index (κ2) is 5.82. The van der Waals surface area contributed by atoms with Crippen LogP contribution in [0.5, 0.6) is 0 Å². The van der Waals surface area contributed by atoms with Crippen molar-refractivity contribution in [3.63, 3.8) is 0 Å². The molecule has 1 aromatic carbocycles. The zero-order valence-corrected chi connectivity index (χ0v) is 10.1. The van der Waals surface area contributed by atoms with Gasteiger partial charge in [-0.1, -0.05) is 43.5 Å². The first-order chi connectivity index (χ1) is 8.25. The Morgan fingerprint density at radius 1 is 1.18 bits per heavy atom. The van der Waals surface area contributed by atoms with Gasteiger partial charge in [-0.05, 0) is 18.4 Å². The summed E-state index contributed by atoms with van der Waals surface area (Å²) in [4.78, 5) is 0. The standard InChI is InChI=1S/C14H20N2O/c15-14(16)12-8-6-11(7-9-12)10-17-13-4-2-1-3-5-13/h6-9,13H,1-5,10H2,(H3,15,16). The first-order valence-corrected chi connectivity index (χ1v) is 6.30. The molecule has 0 aromatic heterocycles. The molecule has 0 aliphatic heterocycles. The summed E-state index contributed by atoms with van der Waals surface area (Å²) in [5, 5.41) is 7.31. The number of nitrogens with one attached hydrogen (secondary N) is 1. The molecule has 0 heterocycles. The molecule has 0 radical (unpaired) electrons. The maximum absolute atomic E-state index is 7.31. The third-order valence-corrected chi connectivity index (χ3v) is 3.30. The minimum atomic E-state index is 0.116. The van der Waals surface area contributed by atoms with Crippen LogP contribution in [0.15, 0.2) is 24.3 Å². The Balaban J connectivity index is 1.84. The van der Waals surface area contributed by atoms with E-state index < -0.39 is 0 Å². The summed E-state index contributed by atoms with van der Waals surface area (Å²) in [6.07, 6.45) is 6.79. The molecule has 1 fully saturated rings. The second-order valence-electron chi connectivity index (χ2n) is 4.68. The van der Waals surface area contributed by atoms with Crippen LogP contribution in [0.25, 0.3) is 0 Å². The Morgan fingerprint density at radius 3 is 2.41 bits per heavy atom. The van der Waals surface area contributed by atoms with Crippen molar-refractivity contribution in [3.05, 3.63) is 35.4 Å². The predicted molar refractivity (Wildman–Crippen MR) is 69.1 cm³/mol. The molecule has 0 saturated heterocycles. The van der Waals surface area contributed by atoms with Crippen molar-refractivity contribution >= 4 is 5.84 Å². The SMILES string of the molecule is N=C(N)c1ccc(COC2CCCCC2)cc1. The molecule has 1 aliphatic carbocycles. The summed E-state index contributed by atoms with van der Waals surface area (Å²) < 4.78 is 5.88. The third kappa shape index (κ3) is 3.56. The molecular weight excluding hydrogens is 212 g/mol. The molecule has 0 bridgehead atoms. The number of amidine groups is 1. The fourth-order valence-electron chi connectivity index (χ4n) is 2.23. The molecule has 0 amide bonds. The highest BCUT2D eigenvalue weighted by Crippen LogP contribution is 2.21. The number of hydrogen-bond donors (Lipinski definition) is 2. The quantitative estimate of drug-likeness (QED) is 0.619. The lowest BCUT2D eigenvalue weighted by Gasteiger charge is -2.22. The van der Waals surface area contributed by atoms with Crippen LogP contribution in [0.3, 0.4) is 0 Å². The monoisotopic (exact) mass is 232 g/mol. The van der Waals surface area contributed by atoms with E-state index in [1.54, 1.807) is 0 Å². The molecular formula is C14H20N2O. The minimum Gasteiger partial charge on any atom is -0.384 e. The molecule has 3 N–H and O–H groups in total. The van der Waals surface area contributed by atoms with Gasteiger partial charge in [-0.3, -0.25) is 5.41 Å². The van der Waals surface area contributed by atoms with Gasteiger partial charge in [0.25, 0.3) is 0 Å². The van der Waals surface area contributed by atoms with Gasteiger partial charge < -0.3 is 10.5 Å². The third-order valence-electron chi connectivity index (χ3n) is 3.30. The molecule has 17 heavy (non-hydrogen) atoms. The molecule has 1 saturated carbocycles. The van der Waals surface area contributed by atoms with Crippen molar-refractivity contribution in [3.8, 4) is 0 Å².